The lowest BCUT2D eigenvalue weighted by atomic mass is 10.0. The van der Waals surface area contributed by atoms with Gasteiger partial charge in [-0.1, -0.05) is 179 Å². The third kappa shape index (κ3) is 36.8. The summed E-state index contributed by atoms with van der Waals surface area (Å²) in [6.07, 6.45) is 45.2. The van der Waals surface area contributed by atoms with Gasteiger partial charge in [0.1, 0.15) is 12.6 Å². The maximum atomic E-state index is 12.7. The number of aliphatic carboxylic acids is 1. The summed E-state index contributed by atoms with van der Waals surface area (Å²) < 4.78 is 38.5. The van der Waals surface area contributed by atoms with E-state index in [0.717, 1.165) is 44.9 Å². The van der Waals surface area contributed by atoms with E-state index in [9.17, 15) is 23.8 Å². The van der Waals surface area contributed by atoms with Crippen LogP contribution in [0.4, 0.5) is 0 Å². The van der Waals surface area contributed by atoms with E-state index < -0.39 is 51.1 Å². The van der Waals surface area contributed by atoms with E-state index in [-0.39, 0.29) is 31.7 Å². The second-order valence-electron chi connectivity index (χ2n) is 16.6. The molecule has 61 heavy (non-hydrogen) atoms. The van der Waals surface area contributed by atoms with Crippen LogP contribution in [0.25, 0.3) is 0 Å². The van der Waals surface area contributed by atoms with Crippen molar-refractivity contribution in [2.45, 2.75) is 231 Å². The number of carboxylic acid groups (broad SMARTS) is 1. The summed E-state index contributed by atoms with van der Waals surface area (Å²) in [5.41, 5.74) is 5.34. The topological polar surface area (TPSA) is 184 Å². The molecular weight excluding hydrogens is 797 g/mol. The highest BCUT2D eigenvalue weighted by Crippen LogP contribution is 2.43. The molecule has 1 saturated heterocycles. The van der Waals surface area contributed by atoms with Crippen molar-refractivity contribution in [2.75, 3.05) is 19.8 Å². The molecule has 1 aliphatic rings. The Kier molecular flexibility index (Phi) is 36.5. The Balaban J connectivity index is 2.27. The van der Waals surface area contributed by atoms with Crippen molar-refractivity contribution in [1.29, 1.82) is 0 Å². The van der Waals surface area contributed by atoms with Crippen molar-refractivity contribution < 1.29 is 52.2 Å². The second kappa shape index (κ2) is 39.3. The maximum Gasteiger partial charge on any atom is 0.472 e. The number of nitrogens with two attached hydrogens (primary N) is 1. The fourth-order valence-electron chi connectivity index (χ4n) is 6.86. The molecule has 0 aliphatic carbocycles. The molecule has 12 nitrogen and oxygen atoms in total. The van der Waals surface area contributed by atoms with E-state index in [4.69, 9.17) is 29.6 Å². The molecule has 354 valence electrons. The number of carbonyl (C=O) groups is 3. The molecule has 13 heteroatoms. The molecule has 1 aliphatic heterocycles. The number of epoxide rings is 1. The molecule has 1 heterocycles. The van der Waals surface area contributed by atoms with Crippen LogP contribution in [-0.2, 0) is 42.2 Å². The number of esters is 2. The molecule has 0 aromatic heterocycles. The number of phosphoric acid groups is 1. The SMILES string of the molecule is CCCCC/C=C\C/C=C\CC1OC1C/C=C\CCCC(=O)O[C@H](COC(=O)CCCCCCCCCCCCCCCCCCCCC)COP(=O)(O)OC[C@H](N)C(=O)O. The molecular formula is C48H86NO11P. The Bertz CT molecular complexity index is 1240. The second-order valence-corrected chi connectivity index (χ2v) is 18.1. The molecule has 1 fully saturated rings. The summed E-state index contributed by atoms with van der Waals surface area (Å²) in [4.78, 5) is 46.1. The molecule has 0 bridgehead atoms. The lowest BCUT2D eigenvalue weighted by molar-refractivity contribution is -0.161. The molecule has 0 aromatic carbocycles. The quantitative estimate of drug-likeness (QED) is 0.0173. The predicted octanol–water partition coefficient (Wildman–Crippen LogP) is 12.2. The van der Waals surface area contributed by atoms with Crippen LogP contribution in [-0.4, -0.2) is 72.1 Å². The smallest absolute Gasteiger partial charge is 0.472 e. The van der Waals surface area contributed by atoms with Gasteiger partial charge in [-0.2, -0.15) is 0 Å². The number of phosphoric ester groups is 1. The number of hydrogen-bond acceptors (Lipinski definition) is 10. The molecule has 0 amide bonds. The summed E-state index contributed by atoms with van der Waals surface area (Å²) in [5, 5.41) is 8.91. The molecule has 0 spiro atoms. The van der Waals surface area contributed by atoms with Gasteiger partial charge < -0.3 is 29.9 Å². The summed E-state index contributed by atoms with van der Waals surface area (Å²) in [5.74, 6) is -2.45. The Labute approximate surface area is 369 Å². The maximum absolute atomic E-state index is 12.7. The molecule has 1 rings (SSSR count). The normalized spacial score (nSPS) is 17.2. The Morgan fingerprint density at radius 1 is 0.590 bits per heavy atom. The average Bonchev–Trinajstić information content (AvgIpc) is 4.00. The molecule has 0 radical (unpaired) electrons. The first kappa shape index (κ1) is 56.7. The predicted molar refractivity (Wildman–Crippen MR) is 244 cm³/mol. The monoisotopic (exact) mass is 884 g/mol. The minimum absolute atomic E-state index is 0.0787. The van der Waals surface area contributed by atoms with Crippen LogP contribution in [0, 0.1) is 0 Å². The van der Waals surface area contributed by atoms with Crippen LogP contribution in [0.15, 0.2) is 36.5 Å². The molecule has 0 saturated carbocycles. The Morgan fingerprint density at radius 3 is 1.59 bits per heavy atom. The van der Waals surface area contributed by atoms with Crippen LogP contribution in [0.3, 0.4) is 0 Å². The van der Waals surface area contributed by atoms with Gasteiger partial charge in [-0.15, -0.1) is 0 Å². The minimum atomic E-state index is -4.74. The van der Waals surface area contributed by atoms with Crippen LogP contribution < -0.4 is 5.73 Å². The minimum Gasteiger partial charge on any atom is -0.480 e. The van der Waals surface area contributed by atoms with E-state index in [1.807, 2.05) is 6.08 Å². The van der Waals surface area contributed by atoms with Crippen molar-refractivity contribution in [3.63, 3.8) is 0 Å². The summed E-state index contributed by atoms with van der Waals surface area (Å²) in [6.45, 7) is 2.73. The zero-order chi connectivity index (χ0) is 44.7. The number of unbranched alkanes of at least 4 members (excludes halogenated alkanes) is 22. The van der Waals surface area contributed by atoms with Crippen molar-refractivity contribution in [1.82, 2.24) is 0 Å². The van der Waals surface area contributed by atoms with Gasteiger partial charge in [0.15, 0.2) is 6.10 Å². The summed E-state index contributed by atoms with van der Waals surface area (Å²) in [7, 11) is -4.74. The molecule has 4 N–H and O–H groups in total. The number of allylic oxidation sites excluding steroid dienone is 4. The highest BCUT2D eigenvalue weighted by atomic mass is 31.2. The van der Waals surface area contributed by atoms with Gasteiger partial charge in [-0.05, 0) is 51.4 Å². The zero-order valence-electron chi connectivity index (χ0n) is 38.2. The highest BCUT2D eigenvalue weighted by Gasteiger charge is 2.36. The van der Waals surface area contributed by atoms with Gasteiger partial charge in [0.2, 0.25) is 0 Å². The van der Waals surface area contributed by atoms with Gasteiger partial charge in [-0.25, -0.2) is 4.57 Å². The van der Waals surface area contributed by atoms with Crippen LogP contribution >= 0.6 is 7.82 Å². The first-order valence-electron chi connectivity index (χ1n) is 24.1. The van der Waals surface area contributed by atoms with Crippen LogP contribution in [0.5, 0.6) is 0 Å². The molecule has 0 aromatic rings. The van der Waals surface area contributed by atoms with Crippen LogP contribution in [0.2, 0.25) is 0 Å². The van der Waals surface area contributed by atoms with Crippen molar-refractivity contribution in [2.24, 2.45) is 5.73 Å². The molecule has 5 atom stereocenters. The summed E-state index contributed by atoms with van der Waals surface area (Å²) in [6, 6.07) is -1.53. The number of hydrogen-bond donors (Lipinski definition) is 3. The van der Waals surface area contributed by atoms with Crippen molar-refractivity contribution in [3.8, 4) is 0 Å². The Hall–Kier alpha value is -2.34. The van der Waals surface area contributed by atoms with Gasteiger partial charge in [0.25, 0.3) is 0 Å². The fourth-order valence-corrected chi connectivity index (χ4v) is 7.64. The highest BCUT2D eigenvalue weighted by molar-refractivity contribution is 7.47. The number of carbonyl (C=O) groups excluding carboxylic acids is 2. The van der Waals surface area contributed by atoms with Crippen molar-refractivity contribution in [3.05, 3.63) is 36.5 Å². The van der Waals surface area contributed by atoms with Crippen molar-refractivity contribution >= 4 is 25.7 Å². The number of ether oxygens (including phenoxy) is 3. The lowest BCUT2D eigenvalue weighted by Gasteiger charge is -2.20. The average molecular weight is 884 g/mol. The van der Waals surface area contributed by atoms with E-state index in [1.165, 1.54) is 116 Å². The van der Waals surface area contributed by atoms with Gasteiger partial charge in [0, 0.05) is 12.8 Å². The van der Waals surface area contributed by atoms with E-state index in [2.05, 4.69) is 48.8 Å². The third-order valence-electron chi connectivity index (χ3n) is 10.8. The van der Waals surface area contributed by atoms with Gasteiger partial charge >= 0.3 is 25.7 Å². The largest absolute Gasteiger partial charge is 0.480 e. The zero-order valence-corrected chi connectivity index (χ0v) is 39.1. The van der Waals surface area contributed by atoms with Gasteiger partial charge in [0.05, 0.1) is 25.4 Å². The standard InChI is InChI=1S/C48H86NO11P/c1-3-5-7-9-11-13-14-15-16-17-18-19-20-21-22-24-26-28-33-37-46(50)56-39-42(40-57-61(54,55)58-41-43(49)48(52)53)59-47(51)38-34-30-29-32-36-45-44(60-45)35-31-27-25-23-12-10-8-6-4-2/h12,23,27,29,31-32,42-45H,3-11,13-22,24-26,28,30,33-41,49H2,1-2H3,(H,52,53)(H,54,55)/b23-12-,31-27-,32-29-/t42-,43+,44?,45?/m1/s1. The van der Waals surface area contributed by atoms with Crippen LogP contribution in [0.1, 0.15) is 206 Å². The number of rotatable bonds is 44. The molecule has 3 unspecified atom stereocenters. The summed E-state index contributed by atoms with van der Waals surface area (Å²) >= 11 is 0. The van der Waals surface area contributed by atoms with E-state index in [0.29, 0.717) is 19.3 Å². The van der Waals surface area contributed by atoms with E-state index in [1.54, 1.807) is 0 Å². The van der Waals surface area contributed by atoms with Gasteiger partial charge in [-0.3, -0.25) is 23.4 Å². The Morgan fingerprint density at radius 2 is 1.03 bits per heavy atom. The fraction of sp³-hybridized carbons (Fsp3) is 0.812. The lowest BCUT2D eigenvalue weighted by Crippen LogP contribution is -2.34. The third-order valence-corrected chi connectivity index (χ3v) is 11.7. The first-order valence-corrected chi connectivity index (χ1v) is 25.6. The van der Waals surface area contributed by atoms with E-state index >= 15 is 0 Å². The first-order chi connectivity index (χ1) is 29.6. The number of carboxylic acids is 1.